The van der Waals surface area contributed by atoms with Gasteiger partial charge in [-0.15, -0.1) is 18.7 Å². The maximum Gasteiger partial charge on any atom is 2.00 e. The molecule has 0 N–H and O–H groups in total. The van der Waals surface area contributed by atoms with Crippen LogP contribution < -0.4 is 21.7 Å². The van der Waals surface area contributed by atoms with Crippen molar-refractivity contribution in [2.45, 2.75) is 19.3 Å². The maximum atomic E-state index is 5.49. The molecule has 78 valence electrons. The molecule has 0 atom stereocenters. The van der Waals surface area contributed by atoms with E-state index < -0.39 is 0 Å². The smallest absolute Gasteiger partial charge is 1.00 e. The van der Waals surface area contributed by atoms with Crippen LogP contribution in [0.3, 0.4) is 0 Å². The normalized spacial score (nSPS) is 8.27. The molecule has 0 spiro atoms. The summed E-state index contributed by atoms with van der Waals surface area (Å²) in [6.07, 6.45) is 5.25. The molecule has 0 aromatic heterocycles. The van der Waals surface area contributed by atoms with Crippen LogP contribution in [0.25, 0.3) is 0 Å². The molecule has 1 aromatic rings. The van der Waals surface area contributed by atoms with Crippen LogP contribution in [0.15, 0.2) is 36.9 Å². The molecule has 0 radical (unpaired) electrons. The van der Waals surface area contributed by atoms with E-state index in [0.29, 0.717) is 0 Å². The van der Waals surface area contributed by atoms with Gasteiger partial charge in [0.15, 0.2) is 0 Å². The van der Waals surface area contributed by atoms with Gasteiger partial charge in [-0.3, -0.25) is 0 Å². The average Bonchev–Trinajstić information content (AvgIpc) is 2.19. The third-order valence-corrected chi connectivity index (χ3v) is 1.75. The fourth-order valence-corrected chi connectivity index (χ4v) is 1.05. The van der Waals surface area contributed by atoms with E-state index in [-0.39, 0.29) is 40.0 Å². The predicted molar refractivity (Wildman–Crippen MR) is 60.6 cm³/mol. The molecule has 0 aliphatic rings. The number of rotatable bonds is 6. The molecule has 1 rings (SSSR count). The van der Waals surface area contributed by atoms with E-state index >= 15 is 0 Å². The SMILES string of the molecule is C=CCCCCOc1c[c-]ccc1.[Br-].[Mg+2]. The number of ether oxygens (including phenoxy) is 1. The summed E-state index contributed by atoms with van der Waals surface area (Å²) in [5, 5.41) is 0. The Hall–Kier alpha value is 0.00623. The Morgan fingerprint density at radius 3 is 2.80 bits per heavy atom. The Kier molecular flexibility index (Phi) is 14.0. The molecule has 3 heteroatoms. The summed E-state index contributed by atoms with van der Waals surface area (Å²) in [6, 6.07) is 10.6. The maximum absolute atomic E-state index is 5.49. The molecule has 0 saturated heterocycles. The first-order valence-corrected chi connectivity index (χ1v) is 4.63. The van der Waals surface area contributed by atoms with Crippen molar-refractivity contribution in [2.24, 2.45) is 0 Å². The number of allylic oxidation sites excluding steroid dienone is 1. The second-order valence-electron chi connectivity index (χ2n) is 2.87. The predicted octanol–water partition coefficient (Wildman–Crippen LogP) is -0.155. The second-order valence-corrected chi connectivity index (χ2v) is 2.87. The third kappa shape index (κ3) is 8.97. The van der Waals surface area contributed by atoms with Gasteiger partial charge in [0.1, 0.15) is 0 Å². The van der Waals surface area contributed by atoms with E-state index in [2.05, 4.69) is 12.6 Å². The third-order valence-electron chi connectivity index (χ3n) is 1.75. The fraction of sp³-hybridized carbons (Fsp3) is 0.333. The van der Waals surface area contributed by atoms with Gasteiger partial charge in [-0.2, -0.15) is 18.2 Å². The summed E-state index contributed by atoms with van der Waals surface area (Å²) in [5.74, 6) is 0.904. The number of hydrogen-bond acceptors (Lipinski definition) is 1. The van der Waals surface area contributed by atoms with Crippen LogP contribution in [0, 0.1) is 6.07 Å². The van der Waals surface area contributed by atoms with E-state index in [0.717, 1.165) is 31.6 Å². The molecule has 0 aliphatic carbocycles. The van der Waals surface area contributed by atoms with Crippen LogP contribution in [0.2, 0.25) is 0 Å². The molecule has 0 bridgehead atoms. The van der Waals surface area contributed by atoms with Crippen LogP contribution >= 0.6 is 0 Å². The van der Waals surface area contributed by atoms with Gasteiger partial charge in [-0.1, -0.05) is 6.08 Å². The summed E-state index contributed by atoms with van der Waals surface area (Å²) in [5.41, 5.74) is 0. The Morgan fingerprint density at radius 2 is 2.20 bits per heavy atom. The van der Waals surface area contributed by atoms with Crippen LogP contribution in [-0.2, 0) is 0 Å². The quantitative estimate of drug-likeness (QED) is 0.304. The Balaban J connectivity index is 0. The molecule has 0 aliphatic heterocycles. The molecule has 0 fully saturated rings. The van der Waals surface area contributed by atoms with Crippen molar-refractivity contribution >= 4 is 23.1 Å². The first kappa shape index (κ1) is 17.4. The van der Waals surface area contributed by atoms with Gasteiger partial charge >= 0.3 is 23.1 Å². The zero-order valence-corrected chi connectivity index (χ0v) is 11.9. The van der Waals surface area contributed by atoms with Gasteiger partial charge in [-0.25, -0.2) is 0 Å². The number of halogens is 1. The molecule has 0 unspecified atom stereocenters. The van der Waals surface area contributed by atoms with Crippen molar-refractivity contribution in [2.75, 3.05) is 6.61 Å². The largest absolute Gasteiger partial charge is 2.00 e. The summed E-state index contributed by atoms with van der Waals surface area (Å²) in [7, 11) is 0. The van der Waals surface area contributed by atoms with Gasteiger partial charge in [0.25, 0.3) is 0 Å². The molecule has 0 heterocycles. The Bertz CT molecular complexity index is 239. The molecule has 1 aromatic carbocycles. The monoisotopic (exact) mass is 278 g/mol. The zero-order valence-electron chi connectivity index (χ0n) is 8.92. The van der Waals surface area contributed by atoms with Gasteiger partial charge in [-0.05, 0) is 19.3 Å². The average molecular weight is 279 g/mol. The minimum atomic E-state index is 0. The van der Waals surface area contributed by atoms with Gasteiger partial charge in [0, 0.05) is 5.75 Å². The van der Waals surface area contributed by atoms with Crippen molar-refractivity contribution in [3.05, 3.63) is 43.0 Å². The second kappa shape index (κ2) is 12.1. The van der Waals surface area contributed by atoms with E-state index in [1.807, 2.05) is 30.3 Å². The number of hydrogen-bond donors (Lipinski definition) is 0. The van der Waals surface area contributed by atoms with Crippen LogP contribution in [-0.4, -0.2) is 29.7 Å². The molecular weight excluding hydrogens is 264 g/mol. The summed E-state index contributed by atoms with van der Waals surface area (Å²) < 4.78 is 5.49. The Morgan fingerprint density at radius 1 is 1.40 bits per heavy atom. The summed E-state index contributed by atoms with van der Waals surface area (Å²) >= 11 is 0. The summed E-state index contributed by atoms with van der Waals surface area (Å²) in [6.45, 7) is 4.45. The van der Waals surface area contributed by atoms with E-state index in [4.69, 9.17) is 4.74 Å². The van der Waals surface area contributed by atoms with E-state index in [1.165, 1.54) is 0 Å². The molecule has 1 nitrogen and oxygen atoms in total. The minimum absolute atomic E-state index is 0. The summed E-state index contributed by atoms with van der Waals surface area (Å²) in [4.78, 5) is 0. The molecule has 0 saturated carbocycles. The van der Waals surface area contributed by atoms with E-state index in [9.17, 15) is 0 Å². The topological polar surface area (TPSA) is 9.23 Å². The number of benzene rings is 1. The van der Waals surface area contributed by atoms with Crippen LogP contribution in [0.1, 0.15) is 19.3 Å². The first-order chi connectivity index (χ1) is 6.43. The fourth-order valence-electron chi connectivity index (χ4n) is 1.05. The number of unbranched alkanes of at least 4 members (excludes halogenated alkanes) is 2. The van der Waals surface area contributed by atoms with Gasteiger partial charge < -0.3 is 21.7 Å². The standard InChI is InChI=1S/C12H15O.BrH.Mg/c1-2-3-4-8-11-13-12-9-6-5-7-10-12;;/h2,5-6,9-10H,1,3-4,8,11H2;1H;/q-1;;+2/p-1. The van der Waals surface area contributed by atoms with Gasteiger partial charge in [0.05, 0.1) is 6.61 Å². The van der Waals surface area contributed by atoms with Crippen molar-refractivity contribution < 1.29 is 21.7 Å². The van der Waals surface area contributed by atoms with Crippen molar-refractivity contribution in [3.8, 4) is 5.75 Å². The van der Waals surface area contributed by atoms with Crippen molar-refractivity contribution in [1.29, 1.82) is 0 Å². The molecule has 15 heavy (non-hydrogen) atoms. The van der Waals surface area contributed by atoms with Gasteiger partial charge in [0.2, 0.25) is 0 Å². The Labute approximate surface area is 119 Å². The minimum Gasteiger partial charge on any atom is -1.00 e. The van der Waals surface area contributed by atoms with E-state index in [1.54, 1.807) is 0 Å². The van der Waals surface area contributed by atoms with Crippen LogP contribution in [0.4, 0.5) is 0 Å². The first-order valence-electron chi connectivity index (χ1n) is 4.63. The van der Waals surface area contributed by atoms with Crippen LogP contribution in [0.5, 0.6) is 5.75 Å². The van der Waals surface area contributed by atoms with Crippen molar-refractivity contribution in [3.63, 3.8) is 0 Å². The zero-order chi connectivity index (χ0) is 9.36. The molecular formula is C12H15BrMgO. The molecule has 0 amide bonds. The van der Waals surface area contributed by atoms with Crippen molar-refractivity contribution in [1.82, 2.24) is 0 Å².